The van der Waals surface area contributed by atoms with Gasteiger partial charge in [0.1, 0.15) is 0 Å². The summed E-state index contributed by atoms with van der Waals surface area (Å²) in [6.07, 6.45) is 4.18. The van der Waals surface area contributed by atoms with E-state index in [4.69, 9.17) is 17.2 Å². The van der Waals surface area contributed by atoms with Gasteiger partial charge in [-0.05, 0) is 137 Å². The maximum Gasteiger partial charge on any atom is 0.0649 e. The summed E-state index contributed by atoms with van der Waals surface area (Å²) in [6, 6.07) is 22.4. The first kappa shape index (κ1) is 22.7. The number of aryl methyl sites for hydroxylation is 1. The van der Waals surface area contributed by atoms with Gasteiger partial charge in [0.25, 0.3) is 0 Å². The molecule has 3 aliphatic rings. The second-order valence-electron chi connectivity index (χ2n) is 11.8. The Morgan fingerprint density at radius 2 is 0.892 bits per heavy atom. The van der Waals surface area contributed by atoms with Crippen molar-refractivity contribution in [2.75, 3.05) is 0 Å². The minimum atomic E-state index is -0.619. The lowest BCUT2D eigenvalue weighted by Gasteiger charge is -2.24. The predicted molar refractivity (Wildman–Crippen MR) is 154 cm³/mol. The van der Waals surface area contributed by atoms with Crippen LogP contribution in [0.5, 0.6) is 0 Å². The molecule has 7 rings (SSSR count). The Bertz CT molecular complexity index is 1720. The molecule has 3 heteroatoms. The van der Waals surface area contributed by atoms with Gasteiger partial charge in [0, 0.05) is 0 Å². The van der Waals surface area contributed by atoms with Gasteiger partial charge < -0.3 is 17.2 Å². The number of fused-ring (bicyclic) bond motifs is 9. The summed E-state index contributed by atoms with van der Waals surface area (Å²) >= 11 is 0. The number of hydrogen-bond acceptors (Lipinski definition) is 3. The van der Waals surface area contributed by atoms with Gasteiger partial charge in [-0.25, -0.2) is 0 Å². The Morgan fingerprint density at radius 1 is 0.514 bits per heavy atom. The van der Waals surface area contributed by atoms with E-state index in [9.17, 15) is 0 Å². The zero-order chi connectivity index (χ0) is 26.1. The minimum absolute atomic E-state index is 0.558. The van der Waals surface area contributed by atoms with Crippen molar-refractivity contribution in [3.05, 3.63) is 111 Å². The molecule has 0 aliphatic heterocycles. The second-order valence-corrected chi connectivity index (χ2v) is 11.8. The first-order valence-corrected chi connectivity index (χ1v) is 13.1. The van der Waals surface area contributed by atoms with Crippen molar-refractivity contribution in [1.29, 1.82) is 0 Å². The van der Waals surface area contributed by atoms with Crippen LogP contribution in [0.15, 0.2) is 66.7 Å². The summed E-state index contributed by atoms with van der Waals surface area (Å²) < 4.78 is 0. The van der Waals surface area contributed by atoms with Crippen molar-refractivity contribution in [3.8, 4) is 33.4 Å². The number of benzene rings is 4. The van der Waals surface area contributed by atoms with Gasteiger partial charge in [-0.15, -0.1) is 0 Å². The Labute approximate surface area is 219 Å². The average molecular weight is 484 g/mol. The molecular formula is C34H33N3. The summed E-state index contributed by atoms with van der Waals surface area (Å²) in [6.45, 7) is 10.5. The maximum atomic E-state index is 7.18. The molecule has 0 spiro atoms. The Balaban J connectivity index is 1.47. The third kappa shape index (κ3) is 2.72. The number of nitrogens with two attached hydrogens (primary N) is 3. The predicted octanol–water partition coefficient (Wildman–Crippen LogP) is 6.64. The smallest absolute Gasteiger partial charge is 0.0649 e. The minimum Gasteiger partial charge on any atom is -0.318 e. The fraction of sp³-hybridized carbons (Fsp3) is 0.235. The van der Waals surface area contributed by atoms with Crippen LogP contribution in [0.1, 0.15) is 72.2 Å². The quantitative estimate of drug-likeness (QED) is 0.284. The lowest BCUT2D eigenvalue weighted by atomic mass is 9.86. The molecule has 37 heavy (non-hydrogen) atoms. The Morgan fingerprint density at radius 3 is 1.35 bits per heavy atom. The highest BCUT2D eigenvalue weighted by atomic mass is 14.8. The second kappa shape index (κ2) is 6.87. The first-order chi connectivity index (χ1) is 17.5. The van der Waals surface area contributed by atoms with E-state index >= 15 is 0 Å². The molecule has 0 aromatic heterocycles. The molecule has 3 aliphatic carbocycles. The van der Waals surface area contributed by atoms with Crippen LogP contribution < -0.4 is 17.2 Å². The monoisotopic (exact) mass is 483 g/mol. The molecule has 0 bridgehead atoms. The Kier molecular flexibility index (Phi) is 4.21. The van der Waals surface area contributed by atoms with E-state index in [1.807, 2.05) is 6.92 Å². The molecule has 0 radical (unpaired) electrons. The standard InChI is InChI=1S/C34H33N3/c1-6-7-19-9-11-21-23-15-31-25(17-29(23)33(4,36)27(21)13-19)24-16-28-22(14-30(24)34(31,5)37)20-10-8-18(2)12-26(20)32(28,3)35/h6-17H,35-37H2,1-5H3/b7-6+. The number of hydrogen-bond donors (Lipinski definition) is 3. The summed E-state index contributed by atoms with van der Waals surface area (Å²) in [5, 5.41) is 0. The topological polar surface area (TPSA) is 78.1 Å². The number of rotatable bonds is 1. The molecule has 0 saturated heterocycles. The molecule has 184 valence electrons. The summed E-state index contributed by atoms with van der Waals surface area (Å²) in [5.74, 6) is 0. The van der Waals surface area contributed by atoms with Gasteiger partial charge >= 0.3 is 0 Å². The molecule has 4 aromatic carbocycles. The van der Waals surface area contributed by atoms with Crippen molar-refractivity contribution >= 4 is 6.08 Å². The van der Waals surface area contributed by atoms with Crippen LogP contribution in [0.4, 0.5) is 0 Å². The normalized spacial score (nSPS) is 26.1. The average Bonchev–Trinajstić information content (AvgIpc) is 3.31. The van der Waals surface area contributed by atoms with Crippen molar-refractivity contribution in [2.45, 2.75) is 51.2 Å². The van der Waals surface area contributed by atoms with E-state index in [0.29, 0.717) is 0 Å². The van der Waals surface area contributed by atoms with Gasteiger partial charge in [0.2, 0.25) is 0 Å². The molecule has 0 saturated carbocycles. The molecule has 0 fully saturated rings. The van der Waals surface area contributed by atoms with Crippen LogP contribution in [0, 0.1) is 6.92 Å². The van der Waals surface area contributed by atoms with Crippen molar-refractivity contribution in [1.82, 2.24) is 0 Å². The van der Waals surface area contributed by atoms with Crippen LogP contribution in [0.25, 0.3) is 39.5 Å². The van der Waals surface area contributed by atoms with Crippen LogP contribution in [-0.4, -0.2) is 0 Å². The number of allylic oxidation sites excluding steroid dienone is 1. The van der Waals surface area contributed by atoms with E-state index in [1.165, 1.54) is 50.1 Å². The van der Waals surface area contributed by atoms with E-state index in [1.54, 1.807) is 0 Å². The van der Waals surface area contributed by atoms with Crippen LogP contribution in [0.3, 0.4) is 0 Å². The molecule has 0 heterocycles. The van der Waals surface area contributed by atoms with Crippen LogP contribution >= 0.6 is 0 Å². The van der Waals surface area contributed by atoms with E-state index in [-0.39, 0.29) is 0 Å². The third-order valence-electron chi connectivity index (χ3n) is 9.12. The lowest BCUT2D eigenvalue weighted by molar-refractivity contribution is 0.610. The molecule has 3 nitrogen and oxygen atoms in total. The summed E-state index contributed by atoms with van der Waals surface area (Å²) in [4.78, 5) is 0. The lowest BCUT2D eigenvalue weighted by Crippen LogP contribution is -2.33. The van der Waals surface area contributed by atoms with E-state index in [0.717, 1.165) is 27.8 Å². The van der Waals surface area contributed by atoms with Gasteiger partial charge in [-0.2, -0.15) is 0 Å². The molecule has 3 atom stereocenters. The zero-order valence-corrected chi connectivity index (χ0v) is 22.2. The fourth-order valence-electron chi connectivity index (χ4n) is 7.09. The Hall–Kier alpha value is -3.50. The molecular weight excluding hydrogens is 450 g/mol. The van der Waals surface area contributed by atoms with Gasteiger partial charge in [-0.1, -0.05) is 48.0 Å². The van der Waals surface area contributed by atoms with Crippen molar-refractivity contribution in [2.24, 2.45) is 17.2 Å². The van der Waals surface area contributed by atoms with Crippen LogP contribution in [0.2, 0.25) is 0 Å². The summed E-state index contributed by atoms with van der Waals surface area (Å²) in [7, 11) is 0. The van der Waals surface area contributed by atoms with Gasteiger partial charge in [0.15, 0.2) is 0 Å². The van der Waals surface area contributed by atoms with Crippen molar-refractivity contribution < 1.29 is 0 Å². The zero-order valence-electron chi connectivity index (χ0n) is 22.2. The first-order valence-electron chi connectivity index (χ1n) is 13.1. The van der Waals surface area contributed by atoms with Crippen molar-refractivity contribution in [3.63, 3.8) is 0 Å². The highest BCUT2D eigenvalue weighted by Gasteiger charge is 2.45. The third-order valence-corrected chi connectivity index (χ3v) is 9.12. The summed E-state index contributed by atoms with van der Waals surface area (Å²) in [5.41, 5.74) is 36.0. The highest BCUT2D eigenvalue weighted by Crippen LogP contribution is 2.56. The molecule has 3 unspecified atom stereocenters. The van der Waals surface area contributed by atoms with Gasteiger partial charge in [0.05, 0.1) is 16.6 Å². The molecule has 0 amide bonds. The SMILES string of the molecule is C/C=C/c1ccc2c(c1)C(C)(N)c1cc3c(cc1-2)C(C)(N)c1cc2c(cc1-3)C(C)(N)c1cc(C)ccc1-2. The maximum absolute atomic E-state index is 7.18. The molecule has 4 aromatic rings. The molecule has 6 N–H and O–H groups in total. The largest absolute Gasteiger partial charge is 0.318 e. The fourth-order valence-corrected chi connectivity index (χ4v) is 7.09. The van der Waals surface area contributed by atoms with E-state index < -0.39 is 16.6 Å². The van der Waals surface area contributed by atoms with Gasteiger partial charge in [-0.3, -0.25) is 0 Å². The van der Waals surface area contributed by atoms with E-state index in [2.05, 4.69) is 101 Å². The highest BCUT2D eigenvalue weighted by molar-refractivity contribution is 5.93. The van der Waals surface area contributed by atoms with Crippen LogP contribution in [-0.2, 0) is 16.6 Å².